The fourth-order valence-corrected chi connectivity index (χ4v) is 5.18. The van der Waals surface area contributed by atoms with Gasteiger partial charge in [0.2, 0.25) is 5.91 Å². The number of rotatable bonds is 7. The first kappa shape index (κ1) is 21.6. The van der Waals surface area contributed by atoms with Crippen LogP contribution in [0.2, 0.25) is 0 Å². The molecule has 1 aromatic carbocycles. The van der Waals surface area contributed by atoms with E-state index in [1.807, 2.05) is 12.1 Å². The lowest BCUT2D eigenvalue weighted by Crippen LogP contribution is -2.28. The van der Waals surface area contributed by atoms with Gasteiger partial charge < -0.3 is 15.0 Å². The Bertz CT molecular complexity index is 1140. The highest BCUT2D eigenvalue weighted by atomic mass is 32.1. The predicted octanol–water partition coefficient (Wildman–Crippen LogP) is 3.90. The number of amides is 1. The summed E-state index contributed by atoms with van der Waals surface area (Å²) in [5.74, 6) is 1.28. The summed E-state index contributed by atoms with van der Waals surface area (Å²) < 4.78 is 5.71. The zero-order valence-corrected chi connectivity index (χ0v) is 19.2. The molecule has 164 valence electrons. The average molecular weight is 440 g/mol. The van der Waals surface area contributed by atoms with Crippen molar-refractivity contribution in [2.45, 2.75) is 58.3 Å². The van der Waals surface area contributed by atoms with Gasteiger partial charge >= 0.3 is 0 Å². The van der Waals surface area contributed by atoms with E-state index in [1.165, 1.54) is 16.0 Å². The number of ether oxygens (including phenoxy) is 1. The van der Waals surface area contributed by atoms with E-state index >= 15 is 0 Å². The summed E-state index contributed by atoms with van der Waals surface area (Å²) in [6, 6.07) is 8.06. The van der Waals surface area contributed by atoms with Gasteiger partial charge in [-0.05, 0) is 47.9 Å². The molecule has 31 heavy (non-hydrogen) atoms. The number of aryl methyl sites for hydroxylation is 3. The maximum atomic E-state index is 12.5. The Kier molecular flexibility index (Phi) is 6.14. The minimum absolute atomic E-state index is 0.0781. The number of aromatic amines is 1. The van der Waals surface area contributed by atoms with E-state index in [2.05, 4.69) is 48.2 Å². The number of carbonyl (C=O) groups is 1. The Morgan fingerprint density at radius 2 is 2.00 bits per heavy atom. The molecule has 0 radical (unpaired) electrons. The van der Waals surface area contributed by atoms with Crippen LogP contribution in [0.4, 0.5) is 0 Å². The molecule has 0 saturated heterocycles. The number of H-pyrrole nitrogens is 1. The van der Waals surface area contributed by atoms with Crippen molar-refractivity contribution in [1.29, 1.82) is 0 Å². The minimum Gasteiger partial charge on any atom is -0.492 e. The molecule has 4 rings (SSSR count). The van der Waals surface area contributed by atoms with E-state index in [1.54, 1.807) is 11.3 Å². The smallest absolute Gasteiger partial charge is 0.259 e. The summed E-state index contributed by atoms with van der Waals surface area (Å²) >= 11 is 1.62. The number of carbonyl (C=O) groups excluding carboxylic acids is 1. The SMILES string of the molecule is CC(C)(C)c1ccc(OCCNC(=O)CCc2nc3sc4c(c3c(=O)[nH]2)CCC4)cc1. The summed E-state index contributed by atoms with van der Waals surface area (Å²) in [5.41, 5.74) is 2.46. The zero-order chi connectivity index (χ0) is 22.0. The highest BCUT2D eigenvalue weighted by molar-refractivity contribution is 7.18. The van der Waals surface area contributed by atoms with Gasteiger partial charge in [-0.3, -0.25) is 9.59 Å². The lowest BCUT2D eigenvalue weighted by molar-refractivity contribution is -0.121. The van der Waals surface area contributed by atoms with Crippen LogP contribution in [0.15, 0.2) is 29.1 Å². The summed E-state index contributed by atoms with van der Waals surface area (Å²) in [6.45, 7) is 7.36. The third kappa shape index (κ3) is 4.98. The van der Waals surface area contributed by atoms with Gasteiger partial charge in [0.15, 0.2) is 0 Å². The van der Waals surface area contributed by atoms with Crippen LogP contribution in [0.25, 0.3) is 10.2 Å². The van der Waals surface area contributed by atoms with E-state index in [-0.39, 0.29) is 23.3 Å². The molecule has 0 fully saturated rings. The number of nitrogens with one attached hydrogen (secondary N) is 2. The van der Waals surface area contributed by atoms with Gasteiger partial charge in [0, 0.05) is 17.7 Å². The first-order valence-electron chi connectivity index (χ1n) is 10.8. The highest BCUT2D eigenvalue weighted by Gasteiger charge is 2.21. The Morgan fingerprint density at radius 3 is 2.74 bits per heavy atom. The second kappa shape index (κ2) is 8.83. The topological polar surface area (TPSA) is 84.1 Å². The minimum atomic E-state index is -0.0805. The Labute approximate surface area is 186 Å². The van der Waals surface area contributed by atoms with Crippen LogP contribution in [-0.4, -0.2) is 29.0 Å². The first-order chi connectivity index (χ1) is 14.8. The van der Waals surface area contributed by atoms with Crippen molar-refractivity contribution in [2.24, 2.45) is 0 Å². The van der Waals surface area contributed by atoms with Gasteiger partial charge in [-0.2, -0.15) is 0 Å². The second-order valence-corrected chi connectivity index (χ2v) is 10.1. The van der Waals surface area contributed by atoms with Crippen LogP contribution >= 0.6 is 11.3 Å². The second-order valence-electron chi connectivity index (χ2n) is 9.02. The quantitative estimate of drug-likeness (QED) is 0.547. The molecule has 0 atom stereocenters. The zero-order valence-electron chi connectivity index (χ0n) is 18.3. The van der Waals surface area contributed by atoms with Crippen LogP contribution in [0.1, 0.15) is 55.4 Å². The lowest BCUT2D eigenvalue weighted by Gasteiger charge is -2.19. The van der Waals surface area contributed by atoms with Crippen molar-refractivity contribution in [3.8, 4) is 5.75 Å². The molecule has 7 heteroatoms. The molecule has 0 spiro atoms. The largest absolute Gasteiger partial charge is 0.492 e. The van der Waals surface area contributed by atoms with E-state index in [0.29, 0.717) is 25.4 Å². The molecule has 0 saturated carbocycles. The van der Waals surface area contributed by atoms with Crippen molar-refractivity contribution in [2.75, 3.05) is 13.2 Å². The summed E-state index contributed by atoms with van der Waals surface area (Å²) in [4.78, 5) is 34.2. The highest BCUT2D eigenvalue weighted by Crippen LogP contribution is 2.34. The fourth-order valence-electron chi connectivity index (χ4n) is 3.90. The number of nitrogens with zero attached hydrogens (tertiary/aromatic N) is 1. The molecule has 3 aromatic rings. The molecule has 0 unspecified atom stereocenters. The van der Waals surface area contributed by atoms with Crippen molar-refractivity contribution < 1.29 is 9.53 Å². The van der Waals surface area contributed by atoms with Crippen LogP contribution in [-0.2, 0) is 29.5 Å². The number of thiophene rings is 1. The molecule has 2 N–H and O–H groups in total. The van der Waals surface area contributed by atoms with Gasteiger partial charge in [0.05, 0.1) is 11.9 Å². The Balaban J connectivity index is 1.23. The normalized spacial score (nSPS) is 13.4. The van der Waals surface area contributed by atoms with E-state index in [0.717, 1.165) is 35.2 Å². The van der Waals surface area contributed by atoms with Crippen LogP contribution in [0, 0.1) is 0 Å². The molecule has 2 aromatic heterocycles. The molecular weight excluding hydrogens is 410 g/mol. The maximum absolute atomic E-state index is 12.5. The lowest BCUT2D eigenvalue weighted by atomic mass is 9.87. The predicted molar refractivity (Wildman–Crippen MR) is 124 cm³/mol. The monoisotopic (exact) mass is 439 g/mol. The Morgan fingerprint density at radius 1 is 1.23 bits per heavy atom. The Hall–Kier alpha value is -2.67. The van der Waals surface area contributed by atoms with E-state index in [4.69, 9.17) is 4.74 Å². The first-order valence-corrected chi connectivity index (χ1v) is 11.7. The van der Waals surface area contributed by atoms with Gasteiger partial charge in [0.25, 0.3) is 5.56 Å². The number of hydrogen-bond donors (Lipinski definition) is 2. The van der Waals surface area contributed by atoms with Crippen molar-refractivity contribution >= 4 is 27.5 Å². The molecule has 1 aliphatic rings. The van der Waals surface area contributed by atoms with Gasteiger partial charge in [-0.15, -0.1) is 11.3 Å². The molecule has 1 aliphatic carbocycles. The van der Waals surface area contributed by atoms with Gasteiger partial charge in [-0.25, -0.2) is 4.98 Å². The third-order valence-electron chi connectivity index (χ3n) is 5.63. The van der Waals surface area contributed by atoms with Crippen LogP contribution in [0.3, 0.4) is 0 Å². The van der Waals surface area contributed by atoms with Gasteiger partial charge in [0.1, 0.15) is 23.0 Å². The summed E-state index contributed by atoms with van der Waals surface area (Å²) in [5, 5.41) is 3.61. The van der Waals surface area contributed by atoms with Crippen molar-refractivity contribution in [1.82, 2.24) is 15.3 Å². The summed E-state index contributed by atoms with van der Waals surface area (Å²) in [7, 11) is 0. The number of hydrogen-bond acceptors (Lipinski definition) is 5. The van der Waals surface area contributed by atoms with E-state index < -0.39 is 0 Å². The molecule has 0 aliphatic heterocycles. The molecule has 0 bridgehead atoms. The standard InChI is InChI=1S/C24H29N3O3S/c1-24(2,3)15-7-9-16(10-8-15)30-14-13-25-20(28)12-11-19-26-22(29)21-17-5-4-6-18(17)31-23(21)27-19/h7-10H,4-6,11-14H2,1-3H3,(H,25,28)(H,26,27,29). The van der Waals surface area contributed by atoms with Crippen LogP contribution < -0.4 is 15.6 Å². The van der Waals surface area contributed by atoms with Crippen molar-refractivity contribution in [3.63, 3.8) is 0 Å². The van der Waals surface area contributed by atoms with Crippen molar-refractivity contribution in [3.05, 3.63) is 56.4 Å². The third-order valence-corrected chi connectivity index (χ3v) is 6.81. The molecular formula is C24H29N3O3S. The maximum Gasteiger partial charge on any atom is 0.259 e. The molecule has 1 amide bonds. The fraction of sp³-hybridized carbons (Fsp3) is 0.458. The summed E-state index contributed by atoms with van der Waals surface area (Å²) in [6.07, 6.45) is 3.81. The van der Waals surface area contributed by atoms with E-state index in [9.17, 15) is 9.59 Å². The number of fused-ring (bicyclic) bond motifs is 3. The number of benzene rings is 1. The average Bonchev–Trinajstić information content (AvgIpc) is 3.30. The molecule has 2 heterocycles. The van der Waals surface area contributed by atoms with Crippen LogP contribution in [0.5, 0.6) is 5.75 Å². The van der Waals surface area contributed by atoms with Gasteiger partial charge in [-0.1, -0.05) is 32.9 Å². The number of aromatic nitrogens is 2. The molecule has 6 nitrogen and oxygen atoms in total.